The van der Waals surface area contributed by atoms with Crippen LogP contribution in [0.3, 0.4) is 0 Å². The summed E-state index contributed by atoms with van der Waals surface area (Å²) in [6.45, 7) is 2.45. The summed E-state index contributed by atoms with van der Waals surface area (Å²) < 4.78 is 0. The summed E-state index contributed by atoms with van der Waals surface area (Å²) in [7, 11) is 7.79. The molecule has 1 saturated heterocycles. The lowest BCUT2D eigenvalue weighted by Crippen LogP contribution is -2.44. The number of anilines is 1. The Morgan fingerprint density at radius 1 is 0.970 bits per heavy atom. The van der Waals surface area contributed by atoms with Gasteiger partial charge in [-0.1, -0.05) is 60.7 Å². The fraction of sp³-hybridized carbons (Fsp3) is 0.357. The molecule has 1 fully saturated rings. The topological polar surface area (TPSA) is 39.7 Å². The first kappa shape index (κ1) is 23.0. The molecule has 5 heteroatoms. The van der Waals surface area contributed by atoms with E-state index < -0.39 is 5.41 Å². The number of likely N-dealkylation sites (tertiary alicyclic amines) is 1. The smallest absolute Gasteiger partial charge is 0.229 e. The maximum absolute atomic E-state index is 13.5. The van der Waals surface area contributed by atoms with E-state index >= 15 is 0 Å². The Balaban J connectivity index is 1.58. The molecule has 1 atom stereocenters. The van der Waals surface area contributed by atoms with E-state index in [1.165, 1.54) is 22.3 Å². The van der Waals surface area contributed by atoms with Crippen LogP contribution in [0, 0.1) is 5.41 Å². The molecular formula is C28H34N4O. The molecule has 33 heavy (non-hydrogen) atoms. The van der Waals surface area contributed by atoms with Crippen molar-refractivity contribution >= 4 is 11.7 Å². The number of aromatic nitrogens is 1. The summed E-state index contributed by atoms with van der Waals surface area (Å²) >= 11 is 0. The summed E-state index contributed by atoms with van der Waals surface area (Å²) in [5.74, 6) is 1.21. The third-order valence-corrected chi connectivity index (χ3v) is 6.55. The zero-order valence-corrected chi connectivity index (χ0v) is 20.2. The Morgan fingerprint density at radius 2 is 1.73 bits per heavy atom. The number of amides is 1. The molecule has 0 bridgehead atoms. The number of nitrogens with zero attached hydrogens (tertiary/aromatic N) is 4. The van der Waals surface area contributed by atoms with Crippen LogP contribution in [0.25, 0.3) is 11.1 Å². The molecule has 0 aliphatic carbocycles. The van der Waals surface area contributed by atoms with Crippen molar-refractivity contribution in [2.45, 2.75) is 19.4 Å². The summed E-state index contributed by atoms with van der Waals surface area (Å²) in [5.41, 5.74) is 4.39. The summed E-state index contributed by atoms with van der Waals surface area (Å²) in [6.07, 6.45) is 3.44. The number of pyridine rings is 1. The number of hydrogen-bond acceptors (Lipinski definition) is 4. The van der Waals surface area contributed by atoms with Crippen LogP contribution < -0.4 is 4.90 Å². The Morgan fingerprint density at radius 3 is 2.45 bits per heavy atom. The molecule has 4 rings (SSSR count). The van der Waals surface area contributed by atoms with E-state index in [0.717, 1.165) is 38.3 Å². The minimum absolute atomic E-state index is 0.217. The zero-order valence-electron chi connectivity index (χ0n) is 20.2. The molecule has 1 aliphatic heterocycles. The van der Waals surface area contributed by atoms with Gasteiger partial charge in [0.25, 0.3) is 0 Å². The van der Waals surface area contributed by atoms with Crippen molar-refractivity contribution in [1.29, 1.82) is 0 Å². The first-order valence-electron chi connectivity index (χ1n) is 11.6. The Hall–Kier alpha value is -3.18. The largest absolute Gasteiger partial charge is 0.362 e. The van der Waals surface area contributed by atoms with Crippen LogP contribution in [0.1, 0.15) is 17.5 Å². The molecular weight excluding hydrogens is 408 g/mol. The van der Waals surface area contributed by atoms with Crippen LogP contribution in [-0.4, -0.2) is 62.0 Å². The van der Waals surface area contributed by atoms with Gasteiger partial charge in [-0.25, -0.2) is 4.98 Å². The fourth-order valence-electron chi connectivity index (χ4n) is 5.04. The van der Waals surface area contributed by atoms with Gasteiger partial charge in [-0.05, 0) is 42.1 Å². The van der Waals surface area contributed by atoms with Crippen LogP contribution in [0.2, 0.25) is 0 Å². The zero-order chi connectivity index (χ0) is 23.4. The molecule has 172 valence electrons. The third-order valence-electron chi connectivity index (χ3n) is 6.55. The highest BCUT2D eigenvalue weighted by atomic mass is 16.2. The van der Waals surface area contributed by atoms with Crippen molar-refractivity contribution in [3.63, 3.8) is 0 Å². The van der Waals surface area contributed by atoms with Crippen LogP contribution >= 0.6 is 0 Å². The van der Waals surface area contributed by atoms with E-state index in [4.69, 9.17) is 0 Å². The van der Waals surface area contributed by atoms with Crippen LogP contribution in [-0.2, 0) is 17.8 Å². The van der Waals surface area contributed by atoms with Gasteiger partial charge in [0.1, 0.15) is 5.82 Å². The predicted octanol–water partition coefficient (Wildman–Crippen LogP) is 4.34. The fourth-order valence-corrected chi connectivity index (χ4v) is 5.04. The molecule has 1 amide bonds. The minimum Gasteiger partial charge on any atom is -0.362 e. The van der Waals surface area contributed by atoms with E-state index in [1.807, 2.05) is 46.5 Å². The molecule has 0 N–H and O–H groups in total. The maximum Gasteiger partial charge on any atom is 0.229 e. The molecule has 1 unspecified atom stereocenters. The van der Waals surface area contributed by atoms with Gasteiger partial charge in [0, 0.05) is 53.0 Å². The molecule has 0 radical (unpaired) electrons. The molecule has 5 nitrogen and oxygen atoms in total. The lowest BCUT2D eigenvalue weighted by atomic mass is 9.79. The summed E-state index contributed by atoms with van der Waals surface area (Å²) in [5, 5.41) is 0. The van der Waals surface area contributed by atoms with Crippen LogP contribution in [0.4, 0.5) is 5.82 Å². The Labute approximate surface area is 197 Å². The molecule has 1 aliphatic rings. The highest BCUT2D eigenvalue weighted by molar-refractivity contribution is 5.83. The normalized spacial score (nSPS) is 18.3. The van der Waals surface area contributed by atoms with Crippen LogP contribution in [0.15, 0.2) is 72.9 Å². The summed E-state index contributed by atoms with van der Waals surface area (Å²) in [6, 6.07) is 23.2. The molecule has 3 aromatic rings. The minimum atomic E-state index is -0.417. The van der Waals surface area contributed by atoms with E-state index in [1.54, 1.807) is 4.90 Å². The Kier molecular flexibility index (Phi) is 6.80. The van der Waals surface area contributed by atoms with Crippen molar-refractivity contribution in [3.8, 4) is 11.1 Å². The van der Waals surface area contributed by atoms with Crippen molar-refractivity contribution in [1.82, 2.24) is 14.8 Å². The molecule has 1 aromatic heterocycles. The second-order valence-electron chi connectivity index (χ2n) is 9.56. The average molecular weight is 443 g/mol. The average Bonchev–Trinajstić information content (AvgIpc) is 3.22. The highest BCUT2D eigenvalue weighted by Gasteiger charge is 2.45. The van der Waals surface area contributed by atoms with Crippen molar-refractivity contribution in [2.24, 2.45) is 5.41 Å². The maximum atomic E-state index is 13.5. The van der Waals surface area contributed by atoms with Gasteiger partial charge in [0.15, 0.2) is 0 Å². The van der Waals surface area contributed by atoms with E-state index in [2.05, 4.69) is 69.4 Å². The SMILES string of the molecule is CN(C)C(=O)C1(Cc2cccc(-c3ccccc3)c2)CCN(Cc2cccnc2N(C)C)C1. The standard InChI is InChI=1S/C28H34N4O/c1-30(2)26-25(14-9-16-29-26)20-32-17-15-28(21-32,27(33)31(3)4)19-22-10-8-13-24(18-22)23-11-6-5-7-12-23/h5-14,16,18H,15,17,19-21H2,1-4H3. The predicted molar refractivity (Wildman–Crippen MR) is 135 cm³/mol. The monoisotopic (exact) mass is 442 g/mol. The van der Waals surface area contributed by atoms with Gasteiger partial charge in [0.2, 0.25) is 5.91 Å². The van der Waals surface area contributed by atoms with Crippen LogP contribution in [0.5, 0.6) is 0 Å². The second kappa shape index (κ2) is 9.75. The molecule has 2 aromatic carbocycles. The number of carbonyl (C=O) groups excluding carboxylic acids is 1. The molecule has 0 saturated carbocycles. The first-order valence-corrected chi connectivity index (χ1v) is 11.6. The van der Waals surface area contributed by atoms with Gasteiger partial charge < -0.3 is 9.80 Å². The summed E-state index contributed by atoms with van der Waals surface area (Å²) in [4.78, 5) is 24.3. The van der Waals surface area contributed by atoms with E-state index in [-0.39, 0.29) is 5.91 Å². The lowest BCUT2D eigenvalue weighted by molar-refractivity contribution is -0.138. The third kappa shape index (κ3) is 5.09. The number of carbonyl (C=O) groups is 1. The molecule has 2 heterocycles. The van der Waals surface area contributed by atoms with Gasteiger partial charge in [-0.15, -0.1) is 0 Å². The highest BCUT2D eigenvalue weighted by Crippen LogP contribution is 2.38. The van der Waals surface area contributed by atoms with Gasteiger partial charge in [-0.3, -0.25) is 9.69 Å². The lowest BCUT2D eigenvalue weighted by Gasteiger charge is -2.31. The number of hydrogen-bond donors (Lipinski definition) is 0. The second-order valence-corrected chi connectivity index (χ2v) is 9.56. The van der Waals surface area contributed by atoms with E-state index in [9.17, 15) is 4.79 Å². The van der Waals surface area contributed by atoms with Crippen molar-refractivity contribution in [2.75, 3.05) is 46.2 Å². The number of rotatable bonds is 7. The van der Waals surface area contributed by atoms with Gasteiger partial charge >= 0.3 is 0 Å². The van der Waals surface area contributed by atoms with Gasteiger partial charge in [0.05, 0.1) is 5.41 Å². The quantitative estimate of drug-likeness (QED) is 0.546. The molecule has 0 spiro atoms. The van der Waals surface area contributed by atoms with E-state index in [0.29, 0.717) is 0 Å². The first-order chi connectivity index (χ1) is 15.9. The van der Waals surface area contributed by atoms with Crippen molar-refractivity contribution in [3.05, 3.63) is 84.1 Å². The number of benzene rings is 2. The van der Waals surface area contributed by atoms with Crippen molar-refractivity contribution < 1.29 is 4.79 Å². The Bertz CT molecular complexity index is 1100. The van der Waals surface area contributed by atoms with Gasteiger partial charge in [-0.2, -0.15) is 0 Å².